The van der Waals surface area contributed by atoms with Crippen molar-refractivity contribution in [2.45, 2.75) is 18.8 Å². The highest BCUT2D eigenvalue weighted by atomic mass is 35.5. The number of halogens is 1. The van der Waals surface area contributed by atoms with Crippen molar-refractivity contribution in [3.05, 3.63) is 34.9 Å². The predicted octanol–water partition coefficient (Wildman–Crippen LogP) is 3.09. The molecule has 0 aliphatic carbocycles. The van der Waals surface area contributed by atoms with Crippen molar-refractivity contribution >= 4 is 11.6 Å². The quantitative estimate of drug-likeness (QED) is 0.670. The molecule has 0 heterocycles. The number of ether oxygens (including phenoxy) is 2. The lowest BCUT2D eigenvalue weighted by Gasteiger charge is -2.18. The predicted molar refractivity (Wildman–Crippen MR) is 80.0 cm³/mol. The van der Waals surface area contributed by atoms with Gasteiger partial charge in [0.2, 0.25) is 0 Å². The van der Waals surface area contributed by atoms with E-state index in [9.17, 15) is 0 Å². The van der Waals surface area contributed by atoms with E-state index in [-0.39, 0.29) is 0 Å². The molecule has 0 spiro atoms. The molecule has 1 unspecified atom stereocenters. The second-order valence-corrected chi connectivity index (χ2v) is 5.02. The van der Waals surface area contributed by atoms with Crippen LogP contribution in [0.1, 0.15) is 24.3 Å². The molecule has 0 aliphatic rings. The summed E-state index contributed by atoms with van der Waals surface area (Å²) in [5.74, 6) is 0.464. The molecule has 19 heavy (non-hydrogen) atoms. The van der Waals surface area contributed by atoms with Crippen LogP contribution in [0, 0.1) is 0 Å². The van der Waals surface area contributed by atoms with E-state index >= 15 is 0 Å². The molecule has 108 valence electrons. The minimum atomic E-state index is 0.464. The lowest BCUT2D eigenvalue weighted by molar-refractivity contribution is 0.188. The monoisotopic (exact) mass is 285 g/mol. The molecule has 0 amide bonds. The number of rotatable bonds is 10. The van der Waals surface area contributed by atoms with Crippen molar-refractivity contribution < 1.29 is 9.47 Å². The molecule has 0 aromatic heterocycles. The maximum absolute atomic E-state index is 6.07. The molecule has 1 rings (SSSR count). The van der Waals surface area contributed by atoms with Crippen LogP contribution in [0.4, 0.5) is 0 Å². The molecular weight excluding hydrogens is 262 g/mol. The van der Waals surface area contributed by atoms with Gasteiger partial charge in [-0.2, -0.15) is 0 Å². The summed E-state index contributed by atoms with van der Waals surface area (Å²) in [6.07, 6.45) is 2.15. The van der Waals surface area contributed by atoms with Crippen molar-refractivity contribution in [1.82, 2.24) is 5.32 Å². The fourth-order valence-corrected chi connectivity index (χ4v) is 2.27. The molecule has 0 saturated carbocycles. The zero-order valence-electron chi connectivity index (χ0n) is 11.8. The molecule has 1 aromatic carbocycles. The van der Waals surface area contributed by atoms with Gasteiger partial charge >= 0.3 is 0 Å². The topological polar surface area (TPSA) is 30.5 Å². The van der Waals surface area contributed by atoms with Crippen LogP contribution in [-0.2, 0) is 9.47 Å². The van der Waals surface area contributed by atoms with Crippen molar-refractivity contribution in [1.29, 1.82) is 0 Å². The van der Waals surface area contributed by atoms with Crippen molar-refractivity contribution in [2.75, 3.05) is 40.5 Å². The van der Waals surface area contributed by atoms with Crippen LogP contribution in [0.5, 0.6) is 0 Å². The Hall–Kier alpha value is -0.610. The van der Waals surface area contributed by atoms with Crippen LogP contribution in [0.25, 0.3) is 0 Å². The van der Waals surface area contributed by atoms with Gasteiger partial charge in [-0.15, -0.1) is 0 Å². The molecular formula is C15H24ClNO2. The van der Waals surface area contributed by atoms with E-state index in [1.807, 2.05) is 12.1 Å². The van der Waals surface area contributed by atoms with E-state index in [0.717, 1.165) is 44.2 Å². The van der Waals surface area contributed by atoms with Gasteiger partial charge in [0.1, 0.15) is 0 Å². The Morgan fingerprint density at radius 2 is 2.00 bits per heavy atom. The summed E-state index contributed by atoms with van der Waals surface area (Å²) in [4.78, 5) is 0. The van der Waals surface area contributed by atoms with Crippen LogP contribution in [-0.4, -0.2) is 40.5 Å². The highest BCUT2D eigenvalue weighted by Gasteiger charge is 2.11. The van der Waals surface area contributed by atoms with Crippen LogP contribution in [0.3, 0.4) is 0 Å². The summed E-state index contributed by atoms with van der Waals surface area (Å²) in [5, 5.41) is 4.22. The van der Waals surface area contributed by atoms with Gasteiger partial charge in [0.05, 0.1) is 6.61 Å². The van der Waals surface area contributed by atoms with Gasteiger partial charge in [0.25, 0.3) is 0 Å². The zero-order valence-corrected chi connectivity index (χ0v) is 12.6. The third-order valence-corrected chi connectivity index (χ3v) is 3.33. The van der Waals surface area contributed by atoms with E-state index in [4.69, 9.17) is 21.1 Å². The highest BCUT2D eigenvalue weighted by molar-refractivity contribution is 6.30. The number of methoxy groups -OCH3 is 2. The lowest BCUT2D eigenvalue weighted by Crippen LogP contribution is -2.25. The van der Waals surface area contributed by atoms with Crippen LogP contribution in [0.15, 0.2) is 24.3 Å². The van der Waals surface area contributed by atoms with Gasteiger partial charge in [0, 0.05) is 38.9 Å². The Bertz CT molecular complexity index is 347. The van der Waals surface area contributed by atoms with E-state index in [1.54, 1.807) is 14.2 Å². The van der Waals surface area contributed by atoms with Gasteiger partial charge in [-0.3, -0.25) is 0 Å². The Kier molecular flexibility index (Phi) is 8.84. The largest absolute Gasteiger partial charge is 0.385 e. The summed E-state index contributed by atoms with van der Waals surface area (Å²) in [6, 6.07) is 8.12. The lowest BCUT2D eigenvalue weighted by atomic mass is 9.94. The number of hydrogen-bond acceptors (Lipinski definition) is 3. The maximum atomic E-state index is 6.07. The second-order valence-electron chi connectivity index (χ2n) is 4.58. The minimum Gasteiger partial charge on any atom is -0.385 e. The molecule has 4 heteroatoms. The van der Waals surface area contributed by atoms with Gasteiger partial charge < -0.3 is 14.8 Å². The van der Waals surface area contributed by atoms with Crippen LogP contribution < -0.4 is 5.32 Å². The average molecular weight is 286 g/mol. The SMILES string of the molecule is COCCCC(CNCCOC)c1cccc(Cl)c1. The number of nitrogens with one attached hydrogen (secondary N) is 1. The first kappa shape index (κ1) is 16.4. The Labute approximate surface area is 121 Å². The molecule has 0 saturated heterocycles. The molecule has 0 bridgehead atoms. The number of hydrogen-bond donors (Lipinski definition) is 1. The van der Waals surface area contributed by atoms with Gasteiger partial charge in [-0.25, -0.2) is 0 Å². The zero-order chi connectivity index (χ0) is 13.9. The molecule has 0 radical (unpaired) electrons. The summed E-state index contributed by atoms with van der Waals surface area (Å²) >= 11 is 6.07. The third-order valence-electron chi connectivity index (χ3n) is 3.09. The van der Waals surface area contributed by atoms with Gasteiger partial charge in [0.15, 0.2) is 0 Å². The first-order valence-corrected chi connectivity index (χ1v) is 7.09. The van der Waals surface area contributed by atoms with Crippen LogP contribution in [0.2, 0.25) is 5.02 Å². The van der Waals surface area contributed by atoms with Gasteiger partial charge in [-0.1, -0.05) is 23.7 Å². The minimum absolute atomic E-state index is 0.464. The van der Waals surface area contributed by atoms with Crippen molar-refractivity contribution in [3.8, 4) is 0 Å². The van der Waals surface area contributed by atoms with E-state index in [2.05, 4.69) is 17.4 Å². The Morgan fingerprint density at radius 1 is 1.21 bits per heavy atom. The van der Waals surface area contributed by atoms with E-state index in [0.29, 0.717) is 5.92 Å². The van der Waals surface area contributed by atoms with E-state index in [1.165, 1.54) is 5.56 Å². The first-order chi connectivity index (χ1) is 9.27. The third kappa shape index (κ3) is 6.92. The summed E-state index contributed by atoms with van der Waals surface area (Å²) in [6.45, 7) is 3.35. The van der Waals surface area contributed by atoms with E-state index < -0.39 is 0 Å². The highest BCUT2D eigenvalue weighted by Crippen LogP contribution is 2.23. The Morgan fingerprint density at radius 3 is 2.68 bits per heavy atom. The molecule has 0 fully saturated rings. The summed E-state index contributed by atoms with van der Waals surface area (Å²) in [5.41, 5.74) is 1.29. The van der Waals surface area contributed by atoms with Crippen LogP contribution >= 0.6 is 11.6 Å². The Balaban J connectivity index is 2.52. The normalized spacial score (nSPS) is 12.6. The van der Waals surface area contributed by atoms with Crippen molar-refractivity contribution in [2.24, 2.45) is 0 Å². The second kappa shape index (κ2) is 10.2. The fourth-order valence-electron chi connectivity index (χ4n) is 2.07. The van der Waals surface area contributed by atoms with Gasteiger partial charge in [-0.05, 0) is 36.5 Å². The van der Waals surface area contributed by atoms with Crippen molar-refractivity contribution in [3.63, 3.8) is 0 Å². The standard InChI is InChI=1S/C15H24ClNO2/c1-18-9-4-6-14(12-17-8-10-19-2)13-5-3-7-15(16)11-13/h3,5,7,11,14,17H,4,6,8-10,12H2,1-2H3. The number of benzene rings is 1. The molecule has 1 aromatic rings. The maximum Gasteiger partial charge on any atom is 0.0587 e. The summed E-state index contributed by atoms with van der Waals surface area (Å²) < 4.78 is 10.2. The molecule has 0 aliphatic heterocycles. The summed E-state index contributed by atoms with van der Waals surface area (Å²) in [7, 11) is 3.46. The molecule has 1 atom stereocenters. The fraction of sp³-hybridized carbons (Fsp3) is 0.600. The smallest absolute Gasteiger partial charge is 0.0587 e. The molecule has 3 nitrogen and oxygen atoms in total. The first-order valence-electron chi connectivity index (χ1n) is 6.72. The average Bonchev–Trinajstić information content (AvgIpc) is 2.41. The molecule has 1 N–H and O–H groups in total.